The topological polar surface area (TPSA) is 87.4 Å². The zero-order chi connectivity index (χ0) is 14.7. The molecule has 1 saturated heterocycles. The fraction of sp³-hybridized carbons (Fsp3) is 0.615. The highest BCUT2D eigenvalue weighted by Crippen LogP contribution is 2.20. The van der Waals surface area contributed by atoms with E-state index in [1.165, 1.54) is 0 Å². The maximum Gasteiger partial charge on any atom is 0.219 e. The van der Waals surface area contributed by atoms with Crippen LogP contribution in [0, 0.1) is 0 Å². The van der Waals surface area contributed by atoms with Gasteiger partial charge in [-0.1, -0.05) is 13.8 Å². The van der Waals surface area contributed by atoms with Gasteiger partial charge in [0.15, 0.2) is 0 Å². The van der Waals surface area contributed by atoms with Crippen molar-refractivity contribution in [1.29, 1.82) is 0 Å². The predicted octanol–water partition coefficient (Wildman–Crippen LogP) is 0.554. The van der Waals surface area contributed by atoms with Gasteiger partial charge in [0.2, 0.25) is 5.91 Å². The monoisotopic (exact) mass is 278 g/mol. The van der Waals surface area contributed by atoms with Crippen LogP contribution < -0.4 is 16.2 Å². The summed E-state index contributed by atoms with van der Waals surface area (Å²) < 4.78 is 0. The van der Waals surface area contributed by atoms with Gasteiger partial charge >= 0.3 is 0 Å². The van der Waals surface area contributed by atoms with E-state index in [9.17, 15) is 4.79 Å². The first kappa shape index (κ1) is 14.5. The van der Waals surface area contributed by atoms with Crippen molar-refractivity contribution < 1.29 is 4.79 Å². The molecule has 1 amide bonds. The van der Waals surface area contributed by atoms with Gasteiger partial charge in [0.1, 0.15) is 17.5 Å². The molecule has 1 aliphatic rings. The molecule has 0 spiro atoms. The first-order chi connectivity index (χ1) is 9.51. The van der Waals surface area contributed by atoms with Gasteiger partial charge in [0.05, 0.1) is 0 Å². The highest BCUT2D eigenvalue weighted by molar-refractivity contribution is 5.73. The number of amides is 1. The number of hydrogen-bond donors (Lipinski definition) is 2. The van der Waals surface area contributed by atoms with Crippen LogP contribution in [0.25, 0.3) is 0 Å². The first-order valence-corrected chi connectivity index (χ1v) is 6.87. The maximum absolute atomic E-state index is 11.3. The van der Waals surface area contributed by atoms with Crippen molar-refractivity contribution in [1.82, 2.24) is 14.9 Å². The average Bonchev–Trinajstić information content (AvgIpc) is 2.46. The fourth-order valence-corrected chi connectivity index (χ4v) is 2.20. The minimum atomic E-state index is 0.125. The minimum Gasteiger partial charge on any atom is -0.353 e. The summed E-state index contributed by atoms with van der Waals surface area (Å²) in [6, 6.07) is 1.84. The molecule has 1 fully saturated rings. The van der Waals surface area contributed by atoms with Crippen molar-refractivity contribution in [3.05, 3.63) is 11.9 Å². The number of hydrazine groups is 1. The molecule has 3 N–H and O–H groups in total. The number of anilines is 2. The van der Waals surface area contributed by atoms with E-state index in [4.69, 9.17) is 5.84 Å². The Bertz CT molecular complexity index is 482. The summed E-state index contributed by atoms with van der Waals surface area (Å²) in [4.78, 5) is 24.3. The Morgan fingerprint density at radius 1 is 1.30 bits per heavy atom. The number of nitrogens with zero attached hydrogens (tertiary/aromatic N) is 4. The van der Waals surface area contributed by atoms with Crippen LogP contribution in [0.3, 0.4) is 0 Å². The summed E-state index contributed by atoms with van der Waals surface area (Å²) >= 11 is 0. The van der Waals surface area contributed by atoms with E-state index in [0.29, 0.717) is 5.82 Å². The van der Waals surface area contributed by atoms with E-state index in [2.05, 4.69) is 20.3 Å². The van der Waals surface area contributed by atoms with E-state index in [1.807, 2.05) is 24.8 Å². The van der Waals surface area contributed by atoms with E-state index >= 15 is 0 Å². The lowest BCUT2D eigenvalue weighted by Gasteiger charge is -2.35. The van der Waals surface area contributed by atoms with Gasteiger partial charge < -0.3 is 15.2 Å². The molecule has 1 aliphatic heterocycles. The summed E-state index contributed by atoms with van der Waals surface area (Å²) in [5.74, 6) is 8.08. The third kappa shape index (κ3) is 3.16. The quantitative estimate of drug-likeness (QED) is 0.620. The second-order valence-electron chi connectivity index (χ2n) is 5.26. The minimum absolute atomic E-state index is 0.125. The molecule has 1 aromatic rings. The second kappa shape index (κ2) is 6.04. The van der Waals surface area contributed by atoms with Crippen molar-refractivity contribution in [3.63, 3.8) is 0 Å². The van der Waals surface area contributed by atoms with Crippen LogP contribution >= 0.6 is 0 Å². The third-order valence-electron chi connectivity index (χ3n) is 3.44. The van der Waals surface area contributed by atoms with E-state index in [-0.39, 0.29) is 11.8 Å². The number of nitrogen functional groups attached to an aromatic ring is 1. The molecular formula is C13H22N6O. The average molecular weight is 278 g/mol. The van der Waals surface area contributed by atoms with Crippen LogP contribution in [0.5, 0.6) is 0 Å². The van der Waals surface area contributed by atoms with Gasteiger partial charge in [0, 0.05) is 45.1 Å². The lowest BCUT2D eigenvalue weighted by atomic mass is 10.2. The molecule has 0 bridgehead atoms. The van der Waals surface area contributed by atoms with E-state index in [1.54, 1.807) is 6.92 Å². The number of carbonyl (C=O) groups excluding carboxylic acids is 1. The molecule has 0 radical (unpaired) electrons. The largest absolute Gasteiger partial charge is 0.353 e. The van der Waals surface area contributed by atoms with Crippen LogP contribution in [0.4, 0.5) is 11.6 Å². The molecule has 0 aliphatic carbocycles. The summed E-state index contributed by atoms with van der Waals surface area (Å²) in [6.45, 7) is 8.70. The Balaban J connectivity index is 2.16. The van der Waals surface area contributed by atoms with Crippen molar-refractivity contribution in [3.8, 4) is 0 Å². The molecule has 2 rings (SSSR count). The van der Waals surface area contributed by atoms with Crippen LogP contribution in [0.2, 0.25) is 0 Å². The smallest absolute Gasteiger partial charge is 0.219 e. The van der Waals surface area contributed by atoms with Gasteiger partial charge in [-0.05, 0) is 0 Å². The van der Waals surface area contributed by atoms with Gasteiger partial charge in [-0.2, -0.15) is 0 Å². The molecule has 7 heteroatoms. The Kier molecular flexibility index (Phi) is 4.39. The Morgan fingerprint density at radius 3 is 2.45 bits per heavy atom. The zero-order valence-corrected chi connectivity index (χ0v) is 12.3. The number of piperazine rings is 1. The summed E-state index contributed by atoms with van der Waals surface area (Å²) in [5, 5.41) is 0. The van der Waals surface area contributed by atoms with Crippen molar-refractivity contribution in [2.45, 2.75) is 26.7 Å². The molecule has 0 aromatic carbocycles. The maximum atomic E-state index is 11.3. The SMILES string of the molecule is CC(=O)N1CCN(c2cc(NN)nc(C(C)C)n2)CC1. The molecular weight excluding hydrogens is 256 g/mol. The molecule has 7 nitrogen and oxygen atoms in total. The first-order valence-electron chi connectivity index (χ1n) is 6.87. The Hall–Kier alpha value is -1.89. The summed E-state index contributed by atoms with van der Waals surface area (Å²) in [7, 11) is 0. The van der Waals surface area contributed by atoms with Crippen molar-refractivity contribution in [2.75, 3.05) is 36.5 Å². The fourth-order valence-electron chi connectivity index (χ4n) is 2.20. The summed E-state index contributed by atoms with van der Waals surface area (Å²) in [6.07, 6.45) is 0. The highest BCUT2D eigenvalue weighted by Gasteiger charge is 2.20. The Morgan fingerprint density at radius 2 is 1.95 bits per heavy atom. The van der Waals surface area contributed by atoms with E-state index < -0.39 is 0 Å². The zero-order valence-electron chi connectivity index (χ0n) is 12.3. The number of carbonyl (C=O) groups is 1. The molecule has 1 aromatic heterocycles. The lowest BCUT2D eigenvalue weighted by molar-refractivity contribution is -0.129. The Labute approximate surface area is 119 Å². The number of rotatable bonds is 3. The van der Waals surface area contributed by atoms with E-state index in [0.717, 1.165) is 37.8 Å². The standard InChI is InChI=1S/C13H22N6O/c1-9(2)13-15-11(17-14)8-12(16-13)19-6-4-18(5-7-19)10(3)20/h8-9H,4-7,14H2,1-3H3,(H,15,16,17). The molecule has 2 heterocycles. The van der Waals surface area contributed by atoms with Crippen LogP contribution in [0.1, 0.15) is 32.5 Å². The van der Waals surface area contributed by atoms with Gasteiger partial charge in [-0.3, -0.25) is 4.79 Å². The number of aromatic nitrogens is 2. The number of nitrogens with one attached hydrogen (secondary N) is 1. The molecule has 0 unspecified atom stereocenters. The molecule has 110 valence electrons. The third-order valence-corrected chi connectivity index (χ3v) is 3.44. The molecule has 20 heavy (non-hydrogen) atoms. The van der Waals surface area contributed by atoms with Crippen LogP contribution in [0.15, 0.2) is 6.07 Å². The normalized spacial score (nSPS) is 15.7. The molecule has 0 atom stereocenters. The lowest BCUT2D eigenvalue weighted by Crippen LogP contribution is -2.48. The second-order valence-corrected chi connectivity index (χ2v) is 5.26. The van der Waals surface area contributed by atoms with Crippen LogP contribution in [-0.2, 0) is 4.79 Å². The van der Waals surface area contributed by atoms with Gasteiger partial charge in [0.25, 0.3) is 0 Å². The van der Waals surface area contributed by atoms with Crippen molar-refractivity contribution >= 4 is 17.5 Å². The summed E-state index contributed by atoms with van der Waals surface area (Å²) in [5.41, 5.74) is 2.59. The highest BCUT2D eigenvalue weighted by atomic mass is 16.2. The predicted molar refractivity (Wildman–Crippen MR) is 78.4 cm³/mol. The van der Waals surface area contributed by atoms with Gasteiger partial charge in [-0.15, -0.1) is 0 Å². The number of hydrogen-bond acceptors (Lipinski definition) is 6. The van der Waals surface area contributed by atoms with Gasteiger partial charge in [-0.25, -0.2) is 15.8 Å². The number of nitrogens with two attached hydrogens (primary N) is 1. The molecule has 0 saturated carbocycles. The van der Waals surface area contributed by atoms with Crippen molar-refractivity contribution in [2.24, 2.45) is 5.84 Å². The van der Waals surface area contributed by atoms with Crippen LogP contribution in [-0.4, -0.2) is 47.0 Å².